The summed E-state index contributed by atoms with van der Waals surface area (Å²) in [5, 5.41) is 10.5. The van der Waals surface area contributed by atoms with E-state index in [9.17, 15) is 14.4 Å². The maximum atomic E-state index is 13.3. The molecule has 4 amide bonds. The van der Waals surface area contributed by atoms with Crippen molar-refractivity contribution in [1.82, 2.24) is 20.0 Å². The van der Waals surface area contributed by atoms with Gasteiger partial charge in [0.25, 0.3) is 5.91 Å². The molecule has 2 aromatic carbocycles. The van der Waals surface area contributed by atoms with Crippen LogP contribution in [0.25, 0.3) is 5.69 Å². The van der Waals surface area contributed by atoms with Crippen LogP contribution >= 0.6 is 11.6 Å². The van der Waals surface area contributed by atoms with E-state index in [-0.39, 0.29) is 0 Å². The molecule has 0 saturated carbocycles. The van der Waals surface area contributed by atoms with E-state index in [1.54, 1.807) is 35.9 Å². The molecule has 1 saturated heterocycles. The predicted molar refractivity (Wildman–Crippen MR) is 119 cm³/mol. The monoisotopic (exact) mass is 449 g/mol. The van der Waals surface area contributed by atoms with Crippen molar-refractivity contribution in [2.45, 2.75) is 25.3 Å². The zero-order valence-corrected chi connectivity index (χ0v) is 18.0. The Balaban J connectivity index is 1.36. The number of amides is 4. The van der Waals surface area contributed by atoms with Crippen LogP contribution in [0.3, 0.4) is 0 Å². The van der Waals surface area contributed by atoms with Gasteiger partial charge in [-0.2, -0.15) is 5.10 Å². The van der Waals surface area contributed by atoms with Crippen LogP contribution in [0.15, 0.2) is 54.6 Å². The fraction of sp³-hybridized carbons (Fsp3) is 0.217. The smallest absolute Gasteiger partial charge is 0.319 e. The Kier molecular flexibility index (Phi) is 4.74. The first-order valence-corrected chi connectivity index (χ1v) is 10.6. The van der Waals surface area contributed by atoms with Crippen molar-refractivity contribution in [3.63, 3.8) is 0 Å². The Morgan fingerprint density at radius 3 is 2.81 bits per heavy atom. The lowest BCUT2D eigenvalue weighted by Crippen LogP contribution is -2.43. The summed E-state index contributed by atoms with van der Waals surface area (Å²) >= 11 is 6.08. The Hall–Kier alpha value is -3.65. The van der Waals surface area contributed by atoms with E-state index in [1.807, 2.05) is 30.3 Å². The predicted octanol–water partition coefficient (Wildman–Crippen LogP) is 3.17. The van der Waals surface area contributed by atoms with Gasteiger partial charge in [-0.3, -0.25) is 14.5 Å². The lowest BCUT2D eigenvalue weighted by atomic mass is 9.92. The Morgan fingerprint density at radius 1 is 1.19 bits per heavy atom. The Bertz CT molecular complexity index is 1270. The number of carbonyl (C=O) groups is 3. The highest BCUT2D eigenvalue weighted by Gasteiger charge is 2.55. The SMILES string of the molecule is Cc1cc(NC(=O)CN2C(=O)N[C@]3(CCc4ccccc43)C2=O)n(-c2cccc(Cl)c2)n1. The van der Waals surface area contributed by atoms with Gasteiger partial charge in [-0.05, 0) is 49.1 Å². The first-order valence-electron chi connectivity index (χ1n) is 10.2. The van der Waals surface area contributed by atoms with Crippen molar-refractivity contribution >= 4 is 35.3 Å². The molecule has 2 heterocycles. The van der Waals surface area contributed by atoms with Crippen LogP contribution < -0.4 is 10.6 Å². The molecule has 2 N–H and O–H groups in total. The Morgan fingerprint density at radius 2 is 2.00 bits per heavy atom. The summed E-state index contributed by atoms with van der Waals surface area (Å²) in [4.78, 5) is 39.7. The minimum Gasteiger partial charge on any atom is -0.319 e. The molecule has 0 radical (unpaired) electrons. The largest absolute Gasteiger partial charge is 0.325 e. The molecule has 0 bridgehead atoms. The van der Waals surface area contributed by atoms with E-state index in [0.29, 0.717) is 35.1 Å². The van der Waals surface area contributed by atoms with E-state index >= 15 is 0 Å². The van der Waals surface area contributed by atoms with E-state index < -0.39 is 29.9 Å². The van der Waals surface area contributed by atoms with Gasteiger partial charge in [0.15, 0.2) is 0 Å². The lowest BCUT2D eigenvalue weighted by Gasteiger charge is -2.22. The molecule has 0 unspecified atom stereocenters. The van der Waals surface area contributed by atoms with Crippen molar-refractivity contribution in [3.05, 3.63) is 76.4 Å². The van der Waals surface area contributed by atoms with Crippen LogP contribution in [0, 0.1) is 6.92 Å². The van der Waals surface area contributed by atoms with E-state index in [0.717, 1.165) is 16.0 Å². The van der Waals surface area contributed by atoms with Gasteiger partial charge in [0, 0.05) is 11.1 Å². The summed E-state index contributed by atoms with van der Waals surface area (Å²) in [7, 11) is 0. The van der Waals surface area contributed by atoms with Crippen molar-refractivity contribution in [1.29, 1.82) is 0 Å². The molecule has 3 aromatic rings. The third-order valence-corrected chi connectivity index (χ3v) is 6.11. The Labute approximate surface area is 189 Å². The van der Waals surface area contributed by atoms with Crippen LogP contribution in [0.4, 0.5) is 10.6 Å². The lowest BCUT2D eigenvalue weighted by molar-refractivity contribution is -0.134. The molecule has 1 fully saturated rings. The summed E-state index contributed by atoms with van der Waals surface area (Å²) in [6.45, 7) is 1.41. The average Bonchev–Trinajstić information content (AvgIpc) is 3.39. The third kappa shape index (κ3) is 3.23. The molecule has 1 spiro atoms. The van der Waals surface area contributed by atoms with Gasteiger partial charge in [0.2, 0.25) is 5.91 Å². The fourth-order valence-corrected chi connectivity index (χ4v) is 4.64. The molecule has 2 aliphatic rings. The highest BCUT2D eigenvalue weighted by Crippen LogP contribution is 2.41. The fourth-order valence-electron chi connectivity index (χ4n) is 4.45. The molecule has 1 aliphatic heterocycles. The summed E-state index contributed by atoms with van der Waals surface area (Å²) in [6, 6.07) is 15.8. The van der Waals surface area contributed by atoms with Gasteiger partial charge >= 0.3 is 6.03 Å². The minimum absolute atomic E-state index is 0.394. The molecule has 8 nitrogen and oxygen atoms in total. The number of anilines is 1. The number of fused-ring (bicyclic) bond motifs is 2. The molecule has 162 valence electrons. The van der Waals surface area contributed by atoms with Gasteiger partial charge in [-0.15, -0.1) is 0 Å². The molecular formula is C23H20ClN5O3. The number of aromatic nitrogens is 2. The number of hydrogen-bond donors (Lipinski definition) is 2. The first kappa shape index (κ1) is 20.3. The van der Waals surface area contributed by atoms with Gasteiger partial charge < -0.3 is 10.6 Å². The van der Waals surface area contributed by atoms with Crippen LogP contribution in [0.1, 0.15) is 23.2 Å². The van der Waals surface area contributed by atoms with Crippen LogP contribution in [0.5, 0.6) is 0 Å². The molecule has 1 atom stereocenters. The molecule has 1 aromatic heterocycles. The number of imide groups is 1. The molecule has 9 heteroatoms. The van der Waals surface area contributed by atoms with Gasteiger partial charge in [-0.25, -0.2) is 9.48 Å². The second-order valence-corrected chi connectivity index (χ2v) is 8.43. The summed E-state index contributed by atoms with van der Waals surface area (Å²) in [5.41, 5.74) is 2.12. The number of nitrogens with one attached hydrogen (secondary N) is 2. The number of benzene rings is 2. The average molecular weight is 450 g/mol. The number of urea groups is 1. The second-order valence-electron chi connectivity index (χ2n) is 7.99. The molecule has 5 rings (SSSR count). The number of carbonyl (C=O) groups excluding carboxylic acids is 3. The van der Waals surface area contributed by atoms with Gasteiger partial charge in [0.05, 0.1) is 11.4 Å². The third-order valence-electron chi connectivity index (χ3n) is 5.88. The van der Waals surface area contributed by atoms with Crippen molar-refractivity contribution in [2.24, 2.45) is 0 Å². The van der Waals surface area contributed by atoms with Crippen molar-refractivity contribution < 1.29 is 14.4 Å². The van der Waals surface area contributed by atoms with E-state index in [4.69, 9.17) is 11.6 Å². The van der Waals surface area contributed by atoms with Crippen molar-refractivity contribution in [3.8, 4) is 5.69 Å². The summed E-state index contributed by atoms with van der Waals surface area (Å²) in [5.74, 6) is -0.482. The van der Waals surface area contributed by atoms with E-state index in [1.165, 1.54) is 0 Å². The quantitative estimate of drug-likeness (QED) is 0.598. The number of halogens is 1. The minimum atomic E-state index is -1.09. The van der Waals surface area contributed by atoms with Gasteiger partial charge in [0.1, 0.15) is 17.9 Å². The maximum Gasteiger partial charge on any atom is 0.325 e. The highest BCUT2D eigenvalue weighted by molar-refractivity contribution is 6.30. The highest BCUT2D eigenvalue weighted by atomic mass is 35.5. The number of rotatable bonds is 4. The standard InChI is InChI=1S/C23H20ClN5O3/c1-14-11-19(29(27-14)17-7-4-6-16(24)12-17)25-20(30)13-28-21(31)23(26-22(28)32)10-9-15-5-2-3-8-18(15)23/h2-8,11-12H,9-10,13H2,1H3,(H,25,30)(H,26,32)/t23-/m0/s1. The molecular weight excluding hydrogens is 430 g/mol. The molecule has 1 aliphatic carbocycles. The zero-order valence-electron chi connectivity index (χ0n) is 17.3. The number of aryl methyl sites for hydroxylation is 2. The van der Waals surface area contributed by atoms with Gasteiger partial charge in [-0.1, -0.05) is 41.9 Å². The second kappa shape index (κ2) is 7.49. The topological polar surface area (TPSA) is 96.3 Å². The van der Waals surface area contributed by atoms with Crippen molar-refractivity contribution in [2.75, 3.05) is 11.9 Å². The van der Waals surface area contributed by atoms with Crippen LogP contribution in [-0.4, -0.2) is 39.1 Å². The van der Waals surface area contributed by atoms with E-state index in [2.05, 4.69) is 15.7 Å². The number of nitrogens with zero attached hydrogens (tertiary/aromatic N) is 3. The van der Waals surface area contributed by atoms with Crippen LogP contribution in [0.2, 0.25) is 5.02 Å². The van der Waals surface area contributed by atoms with Crippen LogP contribution in [-0.2, 0) is 21.5 Å². The number of hydrogen-bond acceptors (Lipinski definition) is 4. The normalized spacial score (nSPS) is 19.4. The maximum absolute atomic E-state index is 13.3. The molecule has 32 heavy (non-hydrogen) atoms. The summed E-state index contributed by atoms with van der Waals surface area (Å²) < 4.78 is 1.56. The zero-order chi connectivity index (χ0) is 22.5. The first-order chi connectivity index (χ1) is 15.4. The summed E-state index contributed by atoms with van der Waals surface area (Å²) in [6.07, 6.45) is 1.18.